The summed E-state index contributed by atoms with van der Waals surface area (Å²) in [6.45, 7) is 2.82. The minimum absolute atomic E-state index is 0.0434. The summed E-state index contributed by atoms with van der Waals surface area (Å²) in [7, 11) is 1.91. The highest BCUT2D eigenvalue weighted by Gasteiger charge is 2.33. The summed E-state index contributed by atoms with van der Waals surface area (Å²) in [5.74, 6) is 1.78. The normalized spacial score (nSPS) is 16.5. The van der Waals surface area contributed by atoms with Gasteiger partial charge in [-0.05, 0) is 38.0 Å². The zero-order chi connectivity index (χ0) is 19.8. The smallest absolute Gasteiger partial charge is 0.249 e. The molecule has 4 aromatic rings. The molecule has 0 amide bonds. The van der Waals surface area contributed by atoms with Crippen LogP contribution in [0.1, 0.15) is 30.5 Å². The van der Waals surface area contributed by atoms with E-state index < -0.39 is 0 Å². The van der Waals surface area contributed by atoms with E-state index in [1.807, 2.05) is 38.4 Å². The van der Waals surface area contributed by atoms with E-state index in [9.17, 15) is 0 Å². The highest BCUT2D eigenvalue weighted by atomic mass is 16.5. The monoisotopic (exact) mass is 388 g/mol. The highest BCUT2D eigenvalue weighted by molar-refractivity contribution is 5.62. The van der Waals surface area contributed by atoms with Gasteiger partial charge >= 0.3 is 0 Å². The van der Waals surface area contributed by atoms with Gasteiger partial charge in [0.05, 0.1) is 11.4 Å². The average Bonchev–Trinajstić information content (AvgIpc) is 3.48. The van der Waals surface area contributed by atoms with Crippen LogP contribution in [0.4, 0.5) is 5.95 Å². The molecular weight excluding hydrogens is 368 g/mol. The Labute approximate surface area is 167 Å². The van der Waals surface area contributed by atoms with Crippen LogP contribution < -0.4 is 4.90 Å². The molecule has 9 heteroatoms. The number of pyridine rings is 1. The Morgan fingerprint density at radius 1 is 1.17 bits per heavy atom. The molecule has 1 aliphatic rings. The lowest BCUT2D eigenvalue weighted by molar-refractivity contribution is 0.354. The molecule has 1 atom stereocenters. The molecule has 4 aromatic heterocycles. The summed E-state index contributed by atoms with van der Waals surface area (Å²) in [5.41, 5.74) is 3.63. The number of rotatable bonds is 4. The largest absolute Gasteiger partial charge is 0.337 e. The molecule has 0 bridgehead atoms. The molecule has 1 fully saturated rings. The van der Waals surface area contributed by atoms with Crippen molar-refractivity contribution < 1.29 is 4.52 Å². The molecule has 0 spiro atoms. The minimum Gasteiger partial charge on any atom is -0.337 e. The molecule has 0 radical (unpaired) electrons. The van der Waals surface area contributed by atoms with Crippen molar-refractivity contribution in [3.05, 3.63) is 54.6 Å². The highest BCUT2D eigenvalue weighted by Crippen LogP contribution is 2.35. The molecule has 0 saturated carbocycles. The first-order valence-electron chi connectivity index (χ1n) is 9.53. The van der Waals surface area contributed by atoms with Crippen LogP contribution >= 0.6 is 0 Å². The predicted molar refractivity (Wildman–Crippen MR) is 106 cm³/mol. The van der Waals surface area contributed by atoms with Crippen molar-refractivity contribution in [1.29, 1.82) is 0 Å². The molecular formula is C20H20N8O. The number of anilines is 1. The van der Waals surface area contributed by atoms with E-state index in [0.717, 1.165) is 41.9 Å². The van der Waals surface area contributed by atoms with Gasteiger partial charge in [0.25, 0.3) is 0 Å². The zero-order valence-corrected chi connectivity index (χ0v) is 16.2. The van der Waals surface area contributed by atoms with Crippen LogP contribution in [0.15, 0.2) is 47.5 Å². The van der Waals surface area contributed by atoms with E-state index >= 15 is 0 Å². The lowest BCUT2D eigenvalue weighted by Gasteiger charge is -2.21. The first kappa shape index (κ1) is 17.5. The van der Waals surface area contributed by atoms with Crippen molar-refractivity contribution in [2.45, 2.75) is 25.8 Å². The summed E-state index contributed by atoms with van der Waals surface area (Å²) in [6, 6.07) is 5.63. The van der Waals surface area contributed by atoms with Gasteiger partial charge in [-0.1, -0.05) is 5.16 Å². The third-order valence-corrected chi connectivity index (χ3v) is 5.09. The predicted octanol–water partition coefficient (Wildman–Crippen LogP) is 2.97. The van der Waals surface area contributed by atoms with Crippen LogP contribution in [-0.2, 0) is 7.05 Å². The van der Waals surface area contributed by atoms with E-state index in [2.05, 4.69) is 30.1 Å². The Morgan fingerprint density at radius 2 is 2.10 bits per heavy atom. The molecule has 5 heterocycles. The number of aromatic nitrogens is 7. The van der Waals surface area contributed by atoms with Crippen LogP contribution in [-0.4, -0.2) is 41.4 Å². The van der Waals surface area contributed by atoms with E-state index in [4.69, 9.17) is 9.51 Å². The number of hydrogen-bond acceptors (Lipinski definition) is 8. The molecule has 1 aliphatic heterocycles. The maximum atomic E-state index is 5.59. The topological polar surface area (TPSA) is 98.7 Å². The molecule has 0 aliphatic carbocycles. The van der Waals surface area contributed by atoms with Gasteiger partial charge in [0.15, 0.2) is 0 Å². The summed E-state index contributed by atoms with van der Waals surface area (Å²) in [6.07, 6.45) is 9.12. The second-order valence-corrected chi connectivity index (χ2v) is 7.09. The molecule has 146 valence electrons. The second kappa shape index (κ2) is 7.08. The summed E-state index contributed by atoms with van der Waals surface area (Å²) in [4.78, 5) is 20.2. The standard InChI is InChI=1S/C20H20N8O/c1-13-15(12-27(2)25-13)16-7-9-22-20(23-16)28-10-4-6-17(28)19-24-18(26-29-19)14-5-3-8-21-11-14/h3,5,7-9,11-12,17H,4,6,10H2,1-2H3/t17-/m1/s1. The minimum atomic E-state index is -0.0434. The van der Waals surface area contributed by atoms with Crippen molar-refractivity contribution >= 4 is 5.95 Å². The van der Waals surface area contributed by atoms with Crippen LogP contribution in [0, 0.1) is 6.92 Å². The Balaban J connectivity index is 1.45. The fourth-order valence-corrected chi connectivity index (χ4v) is 3.73. The molecule has 5 rings (SSSR count). The van der Waals surface area contributed by atoms with Crippen LogP contribution in [0.3, 0.4) is 0 Å². The number of hydrogen-bond donors (Lipinski definition) is 0. The van der Waals surface area contributed by atoms with Crippen molar-refractivity contribution in [3.63, 3.8) is 0 Å². The summed E-state index contributed by atoms with van der Waals surface area (Å²) < 4.78 is 7.39. The average molecular weight is 388 g/mol. The third kappa shape index (κ3) is 3.24. The Kier molecular flexibility index (Phi) is 4.27. The first-order valence-corrected chi connectivity index (χ1v) is 9.53. The molecule has 1 saturated heterocycles. The van der Waals surface area contributed by atoms with Gasteiger partial charge in [-0.25, -0.2) is 9.97 Å². The van der Waals surface area contributed by atoms with Crippen molar-refractivity contribution in [3.8, 4) is 22.6 Å². The van der Waals surface area contributed by atoms with Gasteiger partial charge < -0.3 is 9.42 Å². The SMILES string of the molecule is Cc1nn(C)cc1-c1ccnc(N2CCC[C@@H]2c2nc(-c3cccnc3)no2)n1. The van der Waals surface area contributed by atoms with Gasteiger partial charge in [-0.2, -0.15) is 10.1 Å². The molecule has 0 N–H and O–H groups in total. The maximum absolute atomic E-state index is 5.59. The molecule has 0 unspecified atom stereocenters. The van der Waals surface area contributed by atoms with Crippen molar-refractivity contribution in [1.82, 2.24) is 34.9 Å². The molecule has 0 aromatic carbocycles. The van der Waals surface area contributed by atoms with Crippen LogP contribution in [0.25, 0.3) is 22.6 Å². The molecule has 9 nitrogen and oxygen atoms in total. The fourth-order valence-electron chi connectivity index (χ4n) is 3.73. The van der Waals surface area contributed by atoms with Gasteiger partial charge in [-0.3, -0.25) is 9.67 Å². The number of nitrogens with zero attached hydrogens (tertiary/aromatic N) is 8. The van der Waals surface area contributed by atoms with Crippen molar-refractivity contribution in [2.24, 2.45) is 7.05 Å². The first-order chi connectivity index (χ1) is 14.2. The van der Waals surface area contributed by atoms with Gasteiger partial charge in [0.2, 0.25) is 17.7 Å². The Morgan fingerprint density at radius 3 is 2.90 bits per heavy atom. The van der Waals surface area contributed by atoms with Gasteiger partial charge in [-0.15, -0.1) is 0 Å². The van der Waals surface area contributed by atoms with E-state index in [1.165, 1.54) is 0 Å². The van der Waals surface area contributed by atoms with Crippen LogP contribution in [0.5, 0.6) is 0 Å². The van der Waals surface area contributed by atoms with Gasteiger partial charge in [0, 0.05) is 49.5 Å². The zero-order valence-electron chi connectivity index (χ0n) is 16.2. The van der Waals surface area contributed by atoms with E-state index in [1.54, 1.807) is 23.3 Å². The second-order valence-electron chi connectivity index (χ2n) is 7.09. The Hall–Kier alpha value is -3.62. The van der Waals surface area contributed by atoms with E-state index in [0.29, 0.717) is 17.7 Å². The third-order valence-electron chi connectivity index (χ3n) is 5.09. The number of aryl methyl sites for hydroxylation is 2. The quantitative estimate of drug-likeness (QED) is 0.526. The van der Waals surface area contributed by atoms with Gasteiger partial charge in [0.1, 0.15) is 6.04 Å². The fraction of sp³-hybridized carbons (Fsp3) is 0.300. The molecule has 29 heavy (non-hydrogen) atoms. The Bertz CT molecular complexity index is 1140. The summed E-state index contributed by atoms with van der Waals surface area (Å²) in [5, 5.41) is 8.55. The lowest BCUT2D eigenvalue weighted by Crippen LogP contribution is -2.25. The van der Waals surface area contributed by atoms with Crippen molar-refractivity contribution in [2.75, 3.05) is 11.4 Å². The van der Waals surface area contributed by atoms with E-state index in [-0.39, 0.29) is 6.04 Å². The summed E-state index contributed by atoms with van der Waals surface area (Å²) >= 11 is 0. The maximum Gasteiger partial charge on any atom is 0.249 e. The lowest BCUT2D eigenvalue weighted by atomic mass is 10.2. The van der Waals surface area contributed by atoms with Crippen LogP contribution in [0.2, 0.25) is 0 Å².